The van der Waals surface area contributed by atoms with Crippen molar-refractivity contribution in [3.05, 3.63) is 24.3 Å². The highest BCUT2D eigenvalue weighted by atomic mass is 13.9. The second-order valence-corrected chi connectivity index (χ2v) is 4.01. The Balaban J connectivity index is 3.28. The number of unbranched alkanes of at least 4 members (excludes halogenated alkanes) is 5. The first-order valence-electron chi connectivity index (χ1n) is 6.15. The lowest BCUT2D eigenvalue weighted by atomic mass is 10.1. The van der Waals surface area contributed by atoms with Gasteiger partial charge in [0.05, 0.1) is 0 Å². The third-order valence-electron chi connectivity index (χ3n) is 2.43. The van der Waals surface area contributed by atoms with Gasteiger partial charge in [0.1, 0.15) is 0 Å². The molecule has 0 rings (SSSR count). The molecule has 0 amide bonds. The van der Waals surface area contributed by atoms with Crippen molar-refractivity contribution in [2.24, 2.45) is 0 Å². The van der Waals surface area contributed by atoms with Crippen molar-refractivity contribution in [2.45, 2.75) is 65.2 Å². The summed E-state index contributed by atoms with van der Waals surface area (Å²) in [5.41, 5.74) is 1.29. The Morgan fingerprint density at radius 1 is 1.00 bits per heavy atom. The summed E-state index contributed by atoms with van der Waals surface area (Å²) in [5.74, 6) is 0. The first-order chi connectivity index (χ1) is 6.81. The molecule has 0 aromatic carbocycles. The van der Waals surface area contributed by atoms with E-state index in [1.165, 1.54) is 56.9 Å². The third kappa shape index (κ3) is 9.57. The molecule has 0 aromatic rings. The molecule has 0 aliphatic carbocycles. The molecule has 0 aromatic heterocycles. The van der Waals surface area contributed by atoms with Gasteiger partial charge in [0, 0.05) is 0 Å². The van der Waals surface area contributed by atoms with E-state index in [0.29, 0.717) is 0 Å². The van der Waals surface area contributed by atoms with Crippen LogP contribution in [-0.2, 0) is 0 Å². The van der Waals surface area contributed by atoms with Crippen LogP contribution in [0.1, 0.15) is 65.2 Å². The van der Waals surface area contributed by atoms with Crippen LogP contribution in [0.2, 0.25) is 0 Å². The summed E-state index contributed by atoms with van der Waals surface area (Å²) < 4.78 is 0. The first-order valence-corrected chi connectivity index (χ1v) is 6.15. The van der Waals surface area contributed by atoms with Crippen LogP contribution < -0.4 is 0 Å². The number of allylic oxidation sites excluding steroid dienone is 3. The van der Waals surface area contributed by atoms with E-state index in [9.17, 15) is 0 Å². The van der Waals surface area contributed by atoms with Gasteiger partial charge >= 0.3 is 0 Å². The molecule has 0 heteroatoms. The minimum absolute atomic E-state index is 1.17. The SMILES string of the molecule is C=C(/C=C/CCCCCC)CCCC. The van der Waals surface area contributed by atoms with Gasteiger partial charge in [-0.15, -0.1) is 0 Å². The highest BCUT2D eigenvalue weighted by Crippen LogP contribution is 2.08. The Kier molecular flexibility index (Phi) is 10.2. The van der Waals surface area contributed by atoms with E-state index >= 15 is 0 Å². The maximum Gasteiger partial charge on any atom is -0.0285 e. The number of hydrogen-bond acceptors (Lipinski definition) is 0. The Labute approximate surface area is 90.1 Å². The van der Waals surface area contributed by atoms with E-state index < -0.39 is 0 Å². The molecule has 0 heterocycles. The molecular formula is C14H26. The van der Waals surface area contributed by atoms with Gasteiger partial charge in [-0.05, 0) is 25.7 Å². The highest BCUT2D eigenvalue weighted by Gasteiger charge is 1.88. The average molecular weight is 194 g/mol. The fourth-order valence-corrected chi connectivity index (χ4v) is 1.43. The van der Waals surface area contributed by atoms with E-state index in [2.05, 4.69) is 32.6 Å². The van der Waals surface area contributed by atoms with Crippen LogP contribution in [0.5, 0.6) is 0 Å². The molecule has 14 heavy (non-hydrogen) atoms. The Morgan fingerprint density at radius 2 is 1.71 bits per heavy atom. The van der Waals surface area contributed by atoms with E-state index in [0.717, 1.165) is 0 Å². The summed E-state index contributed by atoms with van der Waals surface area (Å²) in [7, 11) is 0. The van der Waals surface area contributed by atoms with Crippen molar-refractivity contribution >= 4 is 0 Å². The molecule has 0 bridgehead atoms. The van der Waals surface area contributed by atoms with Crippen molar-refractivity contribution in [2.75, 3.05) is 0 Å². The molecule has 0 aliphatic rings. The van der Waals surface area contributed by atoms with Crippen LogP contribution in [0.15, 0.2) is 24.3 Å². The molecule has 0 saturated carbocycles. The zero-order valence-electron chi connectivity index (χ0n) is 10.0. The molecule has 0 atom stereocenters. The van der Waals surface area contributed by atoms with E-state index in [4.69, 9.17) is 0 Å². The number of hydrogen-bond donors (Lipinski definition) is 0. The molecule has 0 saturated heterocycles. The zero-order chi connectivity index (χ0) is 10.6. The maximum absolute atomic E-state index is 4.04. The van der Waals surface area contributed by atoms with Crippen molar-refractivity contribution in [1.82, 2.24) is 0 Å². The van der Waals surface area contributed by atoms with Crippen LogP contribution in [0.25, 0.3) is 0 Å². The predicted octanol–water partition coefficient (Wildman–Crippen LogP) is 5.26. The van der Waals surface area contributed by atoms with Gasteiger partial charge in [-0.2, -0.15) is 0 Å². The lowest BCUT2D eigenvalue weighted by Gasteiger charge is -1.97. The van der Waals surface area contributed by atoms with Crippen molar-refractivity contribution in [3.63, 3.8) is 0 Å². The largest absolute Gasteiger partial charge is 0.0958 e. The van der Waals surface area contributed by atoms with Crippen LogP contribution in [-0.4, -0.2) is 0 Å². The van der Waals surface area contributed by atoms with Crippen molar-refractivity contribution in [1.29, 1.82) is 0 Å². The Bertz CT molecular complexity index is 153. The van der Waals surface area contributed by atoms with Gasteiger partial charge in [0.25, 0.3) is 0 Å². The second-order valence-electron chi connectivity index (χ2n) is 4.01. The van der Waals surface area contributed by atoms with E-state index in [-0.39, 0.29) is 0 Å². The van der Waals surface area contributed by atoms with E-state index in [1.54, 1.807) is 0 Å². The molecule has 0 fully saturated rings. The summed E-state index contributed by atoms with van der Waals surface area (Å²) in [6.45, 7) is 8.52. The molecule has 0 radical (unpaired) electrons. The van der Waals surface area contributed by atoms with Crippen LogP contribution >= 0.6 is 0 Å². The maximum atomic E-state index is 4.04. The topological polar surface area (TPSA) is 0 Å². The van der Waals surface area contributed by atoms with Gasteiger partial charge in [-0.1, -0.05) is 63.8 Å². The molecule has 0 aliphatic heterocycles. The summed E-state index contributed by atoms with van der Waals surface area (Å²) in [6, 6.07) is 0. The van der Waals surface area contributed by atoms with Gasteiger partial charge in [-0.3, -0.25) is 0 Å². The third-order valence-corrected chi connectivity index (χ3v) is 2.43. The van der Waals surface area contributed by atoms with Gasteiger partial charge in [0.15, 0.2) is 0 Å². The minimum atomic E-state index is 1.17. The van der Waals surface area contributed by atoms with E-state index in [1.807, 2.05) is 0 Å². The first kappa shape index (κ1) is 13.5. The van der Waals surface area contributed by atoms with Crippen LogP contribution in [0.3, 0.4) is 0 Å². The fraction of sp³-hybridized carbons (Fsp3) is 0.714. The van der Waals surface area contributed by atoms with Gasteiger partial charge in [-0.25, -0.2) is 0 Å². The smallest absolute Gasteiger partial charge is 0.0285 e. The zero-order valence-corrected chi connectivity index (χ0v) is 10.0. The molecule has 0 N–H and O–H groups in total. The van der Waals surface area contributed by atoms with Crippen molar-refractivity contribution in [3.8, 4) is 0 Å². The molecule has 0 nitrogen and oxygen atoms in total. The second kappa shape index (κ2) is 10.6. The molecule has 0 spiro atoms. The Morgan fingerprint density at radius 3 is 2.36 bits per heavy atom. The summed E-state index contributed by atoms with van der Waals surface area (Å²) in [5, 5.41) is 0. The van der Waals surface area contributed by atoms with Gasteiger partial charge < -0.3 is 0 Å². The monoisotopic (exact) mass is 194 g/mol. The fourth-order valence-electron chi connectivity index (χ4n) is 1.43. The summed E-state index contributed by atoms with van der Waals surface area (Å²) >= 11 is 0. The predicted molar refractivity (Wildman–Crippen MR) is 66.6 cm³/mol. The number of rotatable bonds is 9. The summed E-state index contributed by atoms with van der Waals surface area (Å²) in [4.78, 5) is 0. The average Bonchev–Trinajstić information content (AvgIpc) is 2.20. The lowest BCUT2D eigenvalue weighted by molar-refractivity contribution is 0.674. The summed E-state index contributed by atoms with van der Waals surface area (Å²) in [6.07, 6.45) is 14.9. The minimum Gasteiger partial charge on any atom is -0.0958 e. The molecule has 82 valence electrons. The normalized spacial score (nSPS) is 11.0. The van der Waals surface area contributed by atoms with Gasteiger partial charge in [0.2, 0.25) is 0 Å². The molecule has 0 unspecified atom stereocenters. The Hall–Kier alpha value is -0.520. The molecular weight excluding hydrogens is 168 g/mol. The van der Waals surface area contributed by atoms with Crippen LogP contribution in [0.4, 0.5) is 0 Å². The van der Waals surface area contributed by atoms with Crippen LogP contribution in [0, 0.1) is 0 Å². The van der Waals surface area contributed by atoms with Crippen molar-refractivity contribution < 1.29 is 0 Å². The quantitative estimate of drug-likeness (QED) is 0.347. The lowest BCUT2D eigenvalue weighted by Crippen LogP contribution is -1.77. The highest BCUT2D eigenvalue weighted by molar-refractivity contribution is 5.13. The standard InChI is InChI=1S/C14H26/c1-4-6-8-9-10-11-13-14(3)12-7-5-2/h11,13H,3-10,12H2,1-2H3/b13-11+.